The van der Waals surface area contributed by atoms with E-state index in [2.05, 4.69) is 9.97 Å². The Balaban J connectivity index is 2.28. The van der Waals surface area contributed by atoms with Gasteiger partial charge in [-0.15, -0.1) is 0 Å². The Labute approximate surface area is 101 Å². The van der Waals surface area contributed by atoms with E-state index in [0.29, 0.717) is 11.9 Å². The van der Waals surface area contributed by atoms with Crippen LogP contribution in [0.25, 0.3) is 0 Å². The standard InChI is InChI=1S/C11H15BN2O3/c1-10(2)11(3,4)17-12(16-10)8-5-6-13-9(7-15)14-8/h5-7H,1-4H3. The first-order chi connectivity index (χ1) is 7.86. The highest BCUT2D eigenvalue weighted by Gasteiger charge is 2.52. The van der Waals surface area contributed by atoms with Gasteiger partial charge >= 0.3 is 7.12 Å². The molecule has 1 aromatic rings. The van der Waals surface area contributed by atoms with Gasteiger partial charge in [-0.25, -0.2) is 9.97 Å². The van der Waals surface area contributed by atoms with Crippen LogP contribution in [-0.4, -0.2) is 34.6 Å². The zero-order chi connectivity index (χ0) is 12.7. The number of hydrogen-bond acceptors (Lipinski definition) is 5. The topological polar surface area (TPSA) is 61.3 Å². The first-order valence-corrected chi connectivity index (χ1v) is 5.49. The first-order valence-electron chi connectivity index (χ1n) is 5.49. The van der Waals surface area contributed by atoms with Crippen LogP contribution in [0.1, 0.15) is 38.3 Å². The summed E-state index contributed by atoms with van der Waals surface area (Å²) in [6.07, 6.45) is 2.13. The van der Waals surface area contributed by atoms with E-state index in [1.807, 2.05) is 27.7 Å². The van der Waals surface area contributed by atoms with Gasteiger partial charge in [0.1, 0.15) is 0 Å². The molecule has 2 heterocycles. The molecule has 0 N–H and O–H groups in total. The summed E-state index contributed by atoms with van der Waals surface area (Å²) >= 11 is 0. The summed E-state index contributed by atoms with van der Waals surface area (Å²) in [6.45, 7) is 7.87. The maximum absolute atomic E-state index is 10.6. The average Bonchev–Trinajstić information content (AvgIpc) is 2.48. The normalized spacial score (nSPS) is 21.5. The Morgan fingerprint density at radius 2 is 1.82 bits per heavy atom. The third kappa shape index (κ3) is 2.10. The molecule has 0 unspecified atom stereocenters. The molecule has 0 aromatic carbocycles. The molecule has 6 heteroatoms. The number of rotatable bonds is 2. The van der Waals surface area contributed by atoms with E-state index in [0.717, 1.165) is 0 Å². The predicted octanol–water partition coefficient (Wildman–Crippen LogP) is 0.588. The molecule has 0 spiro atoms. The van der Waals surface area contributed by atoms with E-state index in [-0.39, 0.29) is 5.82 Å². The molecule has 1 aliphatic rings. The molecule has 0 amide bonds. The molecule has 0 radical (unpaired) electrons. The molecule has 0 aliphatic carbocycles. The summed E-state index contributed by atoms with van der Waals surface area (Å²) in [5.74, 6) is 0.136. The van der Waals surface area contributed by atoms with Crippen LogP contribution >= 0.6 is 0 Å². The zero-order valence-corrected chi connectivity index (χ0v) is 10.4. The van der Waals surface area contributed by atoms with Crippen molar-refractivity contribution in [2.75, 3.05) is 0 Å². The first kappa shape index (κ1) is 12.2. The van der Waals surface area contributed by atoms with Gasteiger partial charge in [0.25, 0.3) is 0 Å². The Kier molecular flexibility index (Phi) is 2.79. The van der Waals surface area contributed by atoms with Crippen LogP contribution in [0.15, 0.2) is 12.3 Å². The van der Waals surface area contributed by atoms with Crippen molar-refractivity contribution in [2.24, 2.45) is 0 Å². The van der Waals surface area contributed by atoms with Gasteiger partial charge in [-0.1, -0.05) is 0 Å². The highest BCUT2D eigenvalue weighted by Crippen LogP contribution is 2.36. The van der Waals surface area contributed by atoms with Crippen LogP contribution in [0.3, 0.4) is 0 Å². The number of aromatic nitrogens is 2. The summed E-state index contributed by atoms with van der Waals surface area (Å²) < 4.78 is 11.6. The monoisotopic (exact) mass is 234 g/mol. The van der Waals surface area contributed by atoms with Crippen LogP contribution in [-0.2, 0) is 9.31 Å². The lowest BCUT2D eigenvalue weighted by Gasteiger charge is -2.32. The van der Waals surface area contributed by atoms with Crippen molar-refractivity contribution < 1.29 is 14.1 Å². The number of aldehydes is 1. The number of nitrogens with zero attached hydrogens (tertiary/aromatic N) is 2. The van der Waals surface area contributed by atoms with Gasteiger partial charge in [-0.2, -0.15) is 0 Å². The Morgan fingerprint density at radius 1 is 1.24 bits per heavy atom. The van der Waals surface area contributed by atoms with Crippen LogP contribution in [0, 0.1) is 0 Å². The fraction of sp³-hybridized carbons (Fsp3) is 0.545. The molecule has 1 aromatic heterocycles. The molecular weight excluding hydrogens is 219 g/mol. The summed E-state index contributed by atoms with van der Waals surface area (Å²) in [5, 5.41) is 0. The second kappa shape index (κ2) is 3.89. The summed E-state index contributed by atoms with van der Waals surface area (Å²) in [6, 6.07) is 1.69. The third-order valence-electron chi connectivity index (χ3n) is 3.30. The fourth-order valence-electron chi connectivity index (χ4n) is 1.54. The average molecular weight is 234 g/mol. The summed E-state index contributed by atoms with van der Waals surface area (Å²) in [4.78, 5) is 18.5. The fourth-order valence-corrected chi connectivity index (χ4v) is 1.54. The number of hydrogen-bond donors (Lipinski definition) is 0. The third-order valence-corrected chi connectivity index (χ3v) is 3.30. The van der Waals surface area contributed by atoms with Crippen molar-refractivity contribution in [3.05, 3.63) is 18.1 Å². The minimum Gasteiger partial charge on any atom is -0.398 e. The lowest BCUT2D eigenvalue weighted by atomic mass is 9.84. The Morgan fingerprint density at radius 3 is 2.35 bits per heavy atom. The molecular formula is C11H15BN2O3. The van der Waals surface area contributed by atoms with Gasteiger partial charge in [0.15, 0.2) is 12.1 Å². The van der Waals surface area contributed by atoms with Gasteiger partial charge in [0, 0.05) is 6.20 Å². The minimum atomic E-state index is -0.554. The maximum Gasteiger partial charge on any atom is 0.514 e. The molecule has 1 saturated heterocycles. The second-order valence-corrected chi connectivity index (χ2v) is 5.05. The van der Waals surface area contributed by atoms with Crippen molar-refractivity contribution in [2.45, 2.75) is 38.9 Å². The highest BCUT2D eigenvalue weighted by molar-refractivity contribution is 6.61. The maximum atomic E-state index is 10.6. The second-order valence-electron chi connectivity index (χ2n) is 5.05. The van der Waals surface area contributed by atoms with Crippen molar-refractivity contribution >= 4 is 19.0 Å². The predicted molar refractivity (Wildman–Crippen MR) is 63.1 cm³/mol. The SMILES string of the molecule is CC1(C)OB(c2ccnc(C=O)n2)OC1(C)C. The Hall–Kier alpha value is -1.27. The quantitative estimate of drug-likeness (QED) is 0.553. The lowest BCUT2D eigenvalue weighted by molar-refractivity contribution is 0.00578. The molecule has 5 nitrogen and oxygen atoms in total. The van der Waals surface area contributed by atoms with Crippen LogP contribution in [0.4, 0.5) is 0 Å². The van der Waals surface area contributed by atoms with E-state index >= 15 is 0 Å². The zero-order valence-electron chi connectivity index (χ0n) is 10.4. The van der Waals surface area contributed by atoms with E-state index in [1.165, 1.54) is 6.20 Å². The van der Waals surface area contributed by atoms with Crippen LogP contribution < -0.4 is 5.59 Å². The number of carbonyl (C=O) groups is 1. The molecule has 0 saturated carbocycles. The minimum absolute atomic E-state index is 0.136. The van der Waals surface area contributed by atoms with Crippen molar-refractivity contribution in [1.29, 1.82) is 0 Å². The highest BCUT2D eigenvalue weighted by atomic mass is 16.7. The number of carbonyl (C=O) groups excluding carboxylic acids is 1. The van der Waals surface area contributed by atoms with Gasteiger partial charge in [0.2, 0.25) is 0 Å². The van der Waals surface area contributed by atoms with E-state index in [1.54, 1.807) is 6.07 Å². The van der Waals surface area contributed by atoms with Crippen molar-refractivity contribution in [3.63, 3.8) is 0 Å². The van der Waals surface area contributed by atoms with Gasteiger partial charge in [0.05, 0.1) is 16.8 Å². The van der Waals surface area contributed by atoms with Gasteiger partial charge in [-0.3, -0.25) is 4.79 Å². The molecule has 1 aliphatic heterocycles. The van der Waals surface area contributed by atoms with Crippen molar-refractivity contribution in [1.82, 2.24) is 9.97 Å². The molecule has 2 rings (SSSR count). The summed E-state index contributed by atoms with van der Waals surface area (Å²) in [5.41, 5.74) is -0.255. The summed E-state index contributed by atoms with van der Waals surface area (Å²) in [7, 11) is -0.554. The van der Waals surface area contributed by atoms with E-state index in [9.17, 15) is 4.79 Å². The van der Waals surface area contributed by atoms with E-state index < -0.39 is 18.3 Å². The largest absolute Gasteiger partial charge is 0.514 e. The molecule has 90 valence electrons. The van der Waals surface area contributed by atoms with E-state index in [4.69, 9.17) is 9.31 Å². The van der Waals surface area contributed by atoms with Crippen LogP contribution in [0.2, 0.25) is 0 Å². The van der Waals surface area contributed by atoms with Gasteiger partial charge < -0.3 is 9.31 Å². The molecule has 0 bridgehead atoms. The van der Waals surface area contributed by atoms with Gasteiger partial charge in [-0.05, 0) is 33.8 Å². The lowest BCUT2D eigenvalue weighted by Crippen LogP contribution is -2.41. The molecule has 0 atom stereocenters. The van der Waals surface area contributed by atoms with Crippen LogP contribution in [0.5, 0.6) is 0 Å². The molecule has 17 heavy (non-hydrogen) atoms. The smallest absolute Gasteiger partial charge is 0.398 e. The Bertz CT molecular complexity index is 432. The van der Waals surface area contributed by atoms with Crippen molar-refractivity contribution in [3.8, 4) is 0 Å². The molecule has 1 fully saturated rings.